The number of ketones is 2. The molecule has 8 heteroatoms. The summed E-state index contributed by atoms with van der Waals surface area (Å²) in [6.07, 6.45) is -1.31. The van der Waals surface area contributed by atoms with Crippen molar-refractivity contribution in [2.75, 3.05) is 0 Å². The Kier molecular flexibility index (Phi) is 8.19. The Labute approximate surface area is 89.5 Å². The van der Waals surface area contributed by atoms with Gasteiger partial charge in [0, 0.05) is 0 Å². The smallest absolute Gasteiger partial charge is 0.372 e. The second-order valence-corrected chi connectivity index (χ2v) is 2.57. The van der Waals surface area contributed by atoms with Crippen LogP contribution in [0.3, 0.4) is 0 Å². The number of carbonyl (C=O) groups is 5. The number of carboxylic acids is 3. The predicted octanol–water partition coefficient (Wildman–Crippen LogP) is -0.835. The number of carboxylic acid groups (broad SMARTS) is 3. The topological polar surface area (TPSA) is 146 Å². The van der Waals surface area contributed by atoms with Gasteiger partial charge < -0.3 is 15.3 Å². The third-order valence-corrected chi connectivity index (χ3v) is 0.950. The quantitative estimate of drug-likeness (QED) is 0.412. The normalized spacial score (nSPS) is 8.31. The Bertz CT molecular complexity index is 304. The van der Waals surface area contributed by atoms with E-state index in [9.17, 15) is 24.0 Å². The highest BCUT2D eigenvalue weighted by Crippen LogP contribution is 1.81. The molecule has 8 nitrogen and oxygen atoms in total. The molecule has 0 aromatic rings. The van der Waals surface area contributed by atoms with Crippen molar-refractivity contribution in [1.82, 2.24) is 0 Å². The lowest BCUT2D eigenvalue weighted by molar-refractivity contribution is -0.152. The third-order valence-electron chi connectivity index (χ3n) is 0.950. The minimum Gasteiger partial charge on any atom is -0.481 e. The molecule has 0 aromatic heterocycles. The van der Waals surface area contributed by atoms with Crippen LogP contribution in [0.25, 0.3) is 0 Å². The van der Waals surface area contributed by atoms with Crippen LogP contribution in [-0.4, -0.2) is 44.8 Å². The molecule has 0 saturated heterocycles. The Balaban J connectivity index is 0. The van der Waals surface area contributed by atoms with Crippen LogP contribution in [0.2, 0.25) is 0 Å². The first-order chi connectivity index (χ1) is 7.16. The van der Waals surface area contributed by atoms with Crippen molar-refractivity contribution in [2.24, 2.45) is 0 Å². The van der Waals surface area contributed by atoms with Crippen molar-refractivity contribution >= 4 is 29.5 Å². The molecule has 0 atom stereocenters. The van der Waals surface area contributed by atoms with Crippen LogP contribution in [0, 0.1) is 0 Å². The zero-order chi connectivity index (χ0) is 13.3. The monoisotopic (exact) mass is 234 g/mol. The van der Waals surface area contributed by atoms with Crippen molar-refractivity contribution in [3.8, 4) is 0 Å². The van der Waals surface area contributed by atoms with E-state index in [-0.39, 0.29) is 12.2 Å². The second-order valence-electron chi connectivity index (χ2n) is 2.57. The highest BCUT2D eigenvalue weighted by atomic mass is 16.4. The van der Waals surface area contributed by atoms with E-state index >= 15 is 0 Å². The SMILES string of the molecule is CC(=O)CC(=O)O.O=C(O)CC(=O)C(=O)O. The molecule has 3 N–H and O–H groups in total. The average molecular weight is 234 g/mol. The van der Waals surface area contributed by atoms with E-state index in [1.807, 2.05) is 0 Å². The van der Waals surface area contributed by atoms with Crippen LogP contribution >= 0.6 is 0 Å². The summed E-state index contributed by atoms with van der Waals surface area (Å²) in [4.78, 5) is 48.7. The Morgan fingerprint density at radius 2 is 1.19 bits per heavy atom. The predicted molar refractivity (Wildman–Crippen MR) is 47.8 cm³/mol. The molecule has 0 bridgehead atoms. The van der Waals surface area contributed by atoms with E-state index in [1.165, 1.54) is 6.92 Å². The van der Waals surface area contributed by atoms with Gasteiger partial charge in [-0.05, 0) is 6.92 Å². The van der Waals surface area contributed by atoms with E-state index in [1.54, 1.807) is 0 Å². The summed E-state index contributed by atoms with van der Waals surface area (Å²) in [5.74, 6) is -5.82. The molecule has 0 aromatic carbocycles. The molecule has 0 aliphatic heterocycles. The summed E-state index contributed by atoms with van der Waals surface area (Å²) in [5, 5.41) is 23.5. The van der Waals surface area contributed by atoms with Crippen LogP contribution in [0.4, 0.5) is 0 Å². The highest BCUT2D eigenvalue weighted by molar-refractivity contribution is 6.35. The summed E-state index contributed by atoms with van der Waals surface area (Å²) < 4.78 is 0. The molecule has 0 aliphatic rings. The lowest BCUT2D eigenvalue weighted by Gasteiger charge is -1.85. The minimum absolute atomic E-state index is 0.312. The first-order valence-corrected chi connectivity index (χ1v) is 3.86. The highest BCUT2D eigenvalue weighted by Gasteiger charge is 2.14. The molecule has 0 amide bonds. The third kappa shape index (κ3) is 14.3. The molecule has 0 heterocycles. The Morgan fingerprint density at radius 1 is 0.812 bits per heavy atom. The Hall–Kier alpha value is -2.25. The summed E-state index contributed by atoms with van der Waals surface area (Å²) in [7, 11) is 0. The van der Waals surface area contributed by atoms with E-state index in [0.29, 0.717) is 0 Å². The van der Waals surface area contributed by atoms with Gasteiger partial charge in [0.1, 0.15) is 18.6 Å². The van der Waals surface area contributed by atoms with Crippen LogP contribution in [0.15, 0.2) is 0 Å². The van der Waals surface area contributed by atoms with E-state index in [4.69, 9.17) is 15.3 Å². The maximum absolute atomic E-state index is 9.97. The largest absolute Gasteiger partial charge is 0.481 e. The van der Waals surface area contributed by atoms with Crippen LogP contribution in [0.5, 0.6) is 0 Å². The molecule has 0 aliphatic carbocycles. The molecule has 16 heavy (non-hydrogen) atoms. The molecule has 0 unspecified atom stereocenters. The molecule has 0 radical (unpaired) electrons. The minimum atomic E-state index is -1.71. The number of aliphatic carboxylic acids is 3. The van der Waals surface area contributed by atoms with Crippen LogP contribution < -0.4 is 0 Å². The van der Waals surface area contributed by atoms with Gasteiger partial charge in [0.15, 0.2) is 0 Å². The number of hydrogen-bond acceptors (Lipinski definition) is 5. The molecule has 0 rings (SSSR count). The maximum Gasteiger partial charge on any atom is 0.372 e. The second kappa shape index (κ2) is 8.09. The van der Waals surface area contributed by atoms with Crippen molar-refractivity contribution < 1.29 is 39.3 Å². The fourth-order valence-corrected chi connectivity index (χ4v) is 0.426. The van der Waals surface area contributed by atoms with Gasteiger partial charge in [-0.3, -0.25) is 19.2 Å². The molecule has 0 fully saturated rings. The first-order valence-electron chi connectivity index (χ1n) is 3.86. The average Bonchev–Trinajstić information content (AvgIpc) is 2.00. The van der Waals surface area contributed by atoms with Crippen molar-refractivity contribution in [1.29, 1.82) is 0 Å². The van der Waals surface area contributed by atoms with Crippen molar-refractivity contribution in [3.63, 3.8) is 0 Å². The van der Waals surface area contributed by atoms with E-state index < -0.39 is 30.1 Å². The molecule has 90 valence electrons. The number of rotatable bonds is 5. The summed E-state index contributed by atoms with van der Waals surface area (Å²) >= 11 is 0. The van der Waals surface area contributed by atoms with Gasteiger partial charge >= 0.3 is 17.9 Å². The van der Waals surface area contributed by atoms with Gasteiger partial charge in [-0.2, -0.15) is 0 Å². The lowest BCUT2D eigenvalue weighted by atomic mass is 10.3. The maximum atomic E-state index is 9.97. The van der Waals surface area contributed by atoms with E-state index in [2.05, 4.69) is 0 Å². The molecular weight excluding hydrogens is 224 g/mol. The van der Waals surface area contributed by atoms with E-state index in [0.717, 1.165) is 0 Å². The molecular formula is C8H10O8. The summed E-state index contributed by atoms with van der Waals surface area (Å²) in [5.41, 5.74) is 0. The zero-order valence-electron chi connectivity index (χ0n) is 8.30. The van der Waals surface area contributed by atoms with Gasteiger partial charge in [-0.15, -0.1) is 0 Å². The number of carbonyl (C=O) groups excluding carboxylic acids is 2. The van der Waals surface area contributed by atoms with Gasteiger partial charge in [0.25, 0.3) is 5.78 Å². The van der Waals surface area contributed by atoms with Gasteiger partial charge in [0.2, 0.25) is 0 Å². The first kappa shape index (κ1) is 16.2. The fourth-order valence-electron chi connectivity index (χ4n) is 0.426. The molecule has 0 spiro atoms. The Morgan fingerprint density at radius 3 is 1.25 bits per heavy atom. The van der Waals surface area contributed by atoms with Crippen LogP contribution in [0.1, 0.15) is 19.8 Å². The van der Waals surface area contributed by atoms with Crippen molar-refractivity contribution in [2.45, 2.75) is 19.8 Å². The standard InChI is InChI=1S/C4H4O5.C4H6O3/c5-2(4(8)9)1-3(6)7;1-3(5)2-4(6)7/h1H2,(H,6,7)(H,8,9);2H2,1H3,(H,6,7). The number of Topliss-reactive ketones (excluding diaryl/α,β-unsaturated/α-hetero) is 2. The number of hydrogen-bond donors (Lipinski definition) is 3. The zero-order valence-corrected chi connectivity index (χ0v) is 8.30. The summed E-state index contributed by atoms with van der Waals surface area (Å²) in [6.45, 7) is 1.24. The summed E-state index contributed by atoms with van der Waals surface area (Å²) in [6, 6.07) is 0. The van der Waals surface area contributed by atoms with Gasteiger partial charge in [0.05, 0.1) is 0 Å². The van der Waals surface area contributed by atoms with Gasteiger partial charge in [-0.25, -0.2) is 4.79 Å². The lowest BCUT2D eigenvalue weighted by Crippen LogP contribution is -2.16. The van der Waals surface area contributed by atoms with Gasteiger partial charge in [-0.1, -0.05) is 0 Å². The van der Waals surface area contributed by atoms with Crippen molar-refractivity contribution in [3.05, 3.63) is 0 Å². The fraction of sp³-hybridized carbons (Fsp3) is 0.375. The molecule has 0 saturated carbocycles. The van der Waals surface area contributed by atoms with Crippen LogP contribution in [-0.2, 0) is 24.0 Å².